The molecule has 0 aromatic heterocycles. The highest BCUT2D eigenvalue weighted by Crippen LogP contribution is 2.66. The van der Waals surface area contributed by atoms with Gasteiger partial charge in [-0.05, 0) is 97.8 Å². The van der Waals surface area contributed by atoms with Crippen LogP contribution in [0.1, 0.15) is 98.8 Å². The van der Waals surface area contributed by atoms with E-state index in [1.54, 1.807) is 6.42 Å². The lowest BCUT2D eigenvalue weighted by Crippen LogP contribution is -2.54. The number of rotatable bonds is 5. The van der Waals surface area contributed by atoms with Gasteiger partial charge in [0, 0.05) is 6.04 Å². The molecule has 0 unspecified atom stereocenters. The van der Waals surface area contributed by atoms with Crippen molar-refractivity contribution in [1.82, 2.24) is 5.32 Å². The summed E-state index contributed by atoms with van der Waals surface area (Å²) in [7, 11) is 0. The second kappa shape index (κ2) is 7.09. The molecular weight excluding hydrogens is 314 g/mol. The Morgan fingerprint density at radius 1 is 0.846 bits per heavy atom. The third kappa shape index (κ3) is 2.99. The Kier molecular flexibility index (Phi) is 5.26. The summed E-state index contributed by atoms with van der Waals surface area (Å²) < 4.78 is 0. The Morgan fingerprint density at radius 3 is 2.38 bits per heavy atom. The SMILES string of the molecule is CC(C)CCC[C@H](C)[C@@H]1CC[C@@H]2[C@@H]3CC[C@@H]4NCC[C@]4(C)[C@@H]3CC[C@@]21C. The predicted molar refractivity (Wildman–Crippen MR) is 112 cm³/mol. The van der Waals surface area contributed by atoms with Crippen molar-refractivity contribution < 1.29 is 0 Å². The molecule has 4 rings (SSSR count). The first-order chi connectivity index (χ1) is 12.4. The maximum absolute atomic E-state index is 3.86. The van der Waals surface area contributed by atoms with Crippen LogP contribution in [0.15, 0.2) is 0 Å². The molecule has 0 amide bonds. The van der Waals surface area contributed by atoms with Crippen molar-refractivity contribution in [3.05, 3.63) is 0 Å². The summed E-state index contributed by atoms with van der Waals surface area (Å²) in [5, 5.41) is 3.86. The molecule has 0 radical (unpaired) electrons. The molecule has 0 aromatic rings. The van der Waals surface area contributed by atoms with Crippen LogP contribution in [0.4, 0.5) is 0 Å². The molecule has 1 heterocycles. The molecule has 0 aromatic carbocycles. The van der Waals surface area contributed by atoms with Crippen LogP contribution in [-0.4, -0.2) is 12.6 Å². The van der Waals surface area contributed by atoms with E-state index in [0.29, 0.717) is 10.8 Å². The number of hydrogen-bond donors (Lipinski definition) is 1. The maximum Gasteiger partial charge on any atom is 0.0124 e. The van der Waals surface area contributed by atoms with E-state index >= 15 is 0 Å². The third-order valence-corrected chi connectivity index (χ3v) is 10.1. The molecule has 0 spiro atoms. The Bertz CT molecular complexity index is 498. The topological polar surface area (TPSA) is 12.0 Å². The number of nitrogens with one attached hydrogen (secondary N) is 1. The first-order valence-corrected chi connectivity index (χ1v) is 12.1. The quantitative estimate of drug-likeness (QED) is 0.578. The fraction of sp³-hybridized carbons (Fsp3) is 1.00. The standard InChI is InChI=1S/C25H45N/c1-17(2)7-6-8-18(3)20-10-11-21-19-9-12-23-25(5,15-16-26-23)22(19)13-14-24(20,21)4/h17-23,26H,6-16H2,1-5H3/t18-,19-,20-,21+,22+,23-,24+,25+/m0/s1. The summed E-state index contributed by atoms with van der Waals surface area (Å²) in [5.41, 5.74) is 1.28. The van der Waals surface area contributed by atoms with Crippen LogP contribution in [0.25, 0.3) is 0 Å². The van der Waals surface area contributed by atoms with Gasteiger partial charge in [-0.1, -0.05) is 53.9 Å². The maximum atomic E-state index is 3.86. The fourth-order valence-corrected chi connectivity index (χ4v) is 8.69. The van der Waals surface area contributed by atoms with Crippen LogP contribution < -0.4 is 5.32 Å². The minimum absolute atomic E-state index is 0.616. The van der Waals surface area contributed by atoms with Crippen molar-refractivity contribution in [2.45, 2.75) is 105 Å². The largest absolute Gasteiger partial charge is 0.313 e. The molecule has 1 heteroatoms. The molecule has 1 saturated heterocycles. The zero-order valence-corrected chi connectivity index (χ0v) is 18.3. The lowest BCUT2D eigenvalue weighted by atomic mass is 9.48. The van der Waals surface area contributed by atoms with Crippen LogP contribution in [0.2, 0.25) is 0 Å². The van der Waals surface area contributed by atoms with Gasteiger partial charge in [0.2, 0.25) is 0 Å². The molecule has 26 heavy (non-hydrogen) atoms. The third-order valence-electron chi connectivity index (χ3n) is 10.1. The van der Waals surface area contributed by atoms with Crippen LogP contribution in [0.5, 0.6) is 0 Å². The van der Waals surface area contributed by atoms with E-state index in [0.717, 1.165) is 41.5 Å². The Labute approximate surface area is 163 Å². The average molecular weight is 360 g/mol. The Hall–Kier alpha value is -0.0400. The summed E-state index contributed by atoms with van der Waals surface area (Å²) in [4.78, 5) is 0. The van der Waals surface area contributed by atoms with Crippen LogP contribution >= 0.6 is 0 Å². The van der Waals surface area contributed by atoms with E-state index < -0.39 is 0 Å². The molecule has 8 atom stereocenters. The number of fused-ring (bicyclic) bond motifs is 5. The smallest absolute Gasteiger partial charge is 0.0124 e. The van der Waals surface area contributed by atoms with E-state index in [1.165, 1.54) is 64.3 Å². The van der Waals surface area contributed by atoms with Gasteiger partial charge in [-0.2, -0.15) is 0 Å². The summed E-state index contributed by atoms with van der Waals surface area (Å²) in [6.45, 7) is 14.0. The number of hydrogen-bond acceptors (Lipinski definition) is 1. The Morgan fingerprint density at radius 2 is 1.62 bits per heavy atom. The normalized spacial score (nSPS) is 48.9. The van der Waals surface area contributed by atoms with Crippen molar-refractivity contribution >= 4 is 0 Å². The van der Waals surface area contributed by atoms with Gasteiger partial charge in [0.15, 0.2) is 0 Å². The average Bonchev–Trinajstić information content (AvgIpc) is 3.13. The lowest BCUT2D eigenvalue weighted by Gasteiger charge is -2.58. The van der Waals surface area contributed by atoms with Gasteiger partial charge in [0.1, 0.15) is 0 Å². The highest BCUT2D eigenvalue weighted by Gasteiger charge is 2.60. The summed E-state index contributed by atoms with van der Waals surface area (Å²) in [5.74, 6) is 5.93. The van der Waals surface area contributed by atoms with Gasteiger partial charge in [-0.3, -0.25) is 0 Å². The molecule has 150 valence electrons. The summed E-state index contributed by atoms with van der Waals surface area (Å²) >= 11 is 0. The Balaban J connectivity index is 1.46. The van der Waals surface area contributed by atoms with Crippen molar-refractivity contribution in [1.29, 1.82) is 0 Å². The van der Waals surface area contributed by atoms with Gasteiger partial charge in [0.25, 0.3) is 0 Å². The van der Waals surface area contributed by atoms with Gasteiger partial charge >= 0.3 is 0 Å². The van der Waals surface area contributed by atoms with E-state index in [2.05, 4.69) is 39.9 Å². The highest BCUT2D eigenvalue weighted by atomic mass is 15.0. The lowest BCUT2D eigenvalue weighted by molar-refractivity contribution is -0.0774. The van der Waals surface area contributed by atoms with Crippen molar-refractivity contribution in [2.24, 2.45) is 46.3 Å². The summed E-state index contributed by atoms with van der Waals surface area (Å²) in [6, 6.07) is 0.834. The van der Waals surface area contributed by atoms with Crippen LogP contribution in [0.3, 0.4) is 0 Å². The molecule has 4 fully saturated rings. The molecular formula is C25H45N. The van der Waals surface area contributed by atoms with E-state index in [4.69, 9.17) is 0 Å². The molecule has 1 nitrogen and oxygen atoms in total. The zero-order valence-electron chi connectivity index (χ0n) is 18.3. The van der Waals surface area contributed by atoms with Gasteiger partial charge in [0.05, 0.1) is 0 Å². The van der Waals surface area contributed by atoms with Gasteiger partial charge < -0.3 is 5.32 Å². The summed E-state index contributed by atoms with van der Waals surface area (Å²) in [6.07, 6.45) is 14.9. The van der Waals surface area contributed by atoms with Gasteiger partial charge in [-0.25, -0.2) is 0 Å². The fourth-order valence-electron chi connectivity index (χ4n) is 8.69. The van der Waals surface area contributed by atoms with Crippen molar-refractivity contribution in [2.75, 3.05) is 6.54 Å². The molecule has 3 aliphatic carbocycles. The monoisotopic (exact) mass is 359 g/mol. The first kappa shape index (κ1) is 19.3. The van der Waals surface area contributed by atoms with E-state index in [9.17, 15) is 0 Å². The molecule has 1 aliphatic heterocycles. The molecule has 0 bridgehead atoms. The van der Waals surface area contributed by atoms with Crippen molar-refractivity contribution in [3.63, 3.8) is 0 Å². The minimum atomic E-state index is 0.616. The van der Waals surface area contributed by atoms with Gasteiger partial charge in [-0.15, -0.1) is 0 Å². The second-order valence-electron chi connectivity index (χ2n) is 11.7. The zero-order chi connectivity index (χ0) is 18.5. The molecule has 3 saturated carbocycles. The predicted octanol–water partition coefficient (Wildman–Crippen LogP) is 6.67. The van der Waals surface area contributed by atoms with E-state index in [1.807, 2.05) is 0 Å². The minimum Gasteiger partial charge on any atom is -0.313 e. The van der Waals surface area contributed by atoms with Crippen LogP contribution in [0, 0.1) is 46.3 Å². The first-order valence-electron chi connectivity index (χ1n) is 12.1. The van der Waals surface area contributed by atoms with Crippen molar-refractivity contribution in [3.8, 4) is 0 Å². The molecule has 1 N–H and O–H groups in total. The highest BCUT2D eigenvalue weighted by molar-refractivity contribution is 5.11. The van der Waals surface area contributed by atoms with Crippen LogP contribution in [-0.2, 0) is 0 Å². The second-order valence-corrected chi connectivity index (χ2v) is 11.7. The molecule has 4 aliphatic rings. The van der Waals surface area contributed by atoms with E-state index in [-0.39, 0.29) is 0 Å².